The Hall–Kier alpha value is -0.870. The molecule has 1 heterocycles. The Labute approximate surface area is 90.8 Å². The van der Waals surface area contributed by atoms with Gasteiger partial charge in [-0.05, 0) is 32.3 Å². The third-order valence-electron chi connectivity index (χ3n) is 3.01. The van der Waals surface area contributed by atoms with Crippen molar-refractivity contribution < 1.29 is 0 Å². The van der Waals surface area contributed by atoms with Crippen LogP contribution in [0, 0.1) is 0 Å². The zero-order chi connectivity index (χ0) is 10.7. The molecule has 0 bridgehead atoms. The van der Waals surface area contributed by atoms with Crippen LogP contribution in [0.4, 0.5) is 0 Å². The van der Waals surface area contributed by atoms with Crippen molar-refractivity contribution in [3.05, 3.63) is 18.5 Å². The fourth-order valence-corrected chi connectivity index (χ4v) is 2.31. The van der Waals surface area contributed by atoms with Gasteiger partial charge in [0.25, 0.3) is 0 Å². The van der Waals surface area contributed by atoms with Crippen LogP contribution in [0.15, 0.2) is 18.5 Å². The highest BCUT2D eigenvalue weighted by molar-refractivity contribution is 4.85. The first-order chi connectivity index (χ1) is 7.24. The molecule has 0 spiro atoms. The van der Waals surface area contributed by atoms with E-state index < -0.39 is 0 Å². The van der Waals surface area contributed by atoms with Crippen LogP contribution < -0.4 is 11.1 Å². The Bertz CT molecular complexity index is 283. The molecule has 0 aromatic carbocycles. The maximum Gasteiger partial charge on any atom is 0.0560 e. The van der Waals surface area contributed by atoms with Crippen molar-refractivity contribution >= 4 is 0 Å². The lowest BCUT2D eigenvalue weighted by Crippen LogP contribution is -2.38. The molecule has 0 radical (unpaired) electrons. The average Bonchev–Trinajstić information content (AvgIpc) is 2.77. The standard InChI is InChI=1S/C11H20N4/c1-9(8-15-6-2-5-13-15)14-11-4-3-10(12)7-11/h2,5-6,9-11,14H,3-4,7-8,12H2,1H3. The Balaban J connectivity index is 1.75. The summed E-state index contributed by atoms with van der Waals surface area (Å²) in [5.41, 5.74) is 5.88. The number of nitrogens with two attached hydrogens (primary N) is 1. The van der Waals surface area contributed by atoms with E-state index in [1.54, 1.807) is 0 Å². The van der Waals surface area contributed by atoms with Crippen LogP contribution in [0.5, 0.6) is 0 Å². The first-order valence-electron chi connectivity index (χ1n) is 5.73. The Morgan fingerprint density at radius 1 is 1.60 bits per heavy atom. The Morgan fingerprint density at radius 3 is 3.07 bits per heavy atom. The van der Waals surface area contributed by atoms with Gasteiger partial charge in [-0.1, -0.05) is 0 Å². The molecule has 15 heavy (non-hydrogen) atoms. The maximum absolute atomic E-state index is 5.88. The molecule has 1 saturated carbocycles. The van der Waals surface area contributed by atoms with Crippen LogP contribution in [0.2, 0.25) is 0 Å². The normalized spacial score (nSPS) is 28.1. The van der Waals surface area contributed by atoms with Gasteiger partial charge in [0.2, 0.25) is 0 Å². The second-order valence-electron chi connectivity index (χ2n) is 4.57. The second-order valence-corrected chi connectivity index (χ2v) is 4.57. The number of hydrogen-bond acceptors (Lipinski definition) is 3. The van der Waals surface area contributed by atoms with Crippen LogP contribution in [0.3, 0.4) is 0 Å². The highest BCUT2D eigenvalue weighted by Gasteiger charge is 2.22. The summed E-state index contributed by atoms with van der Waals surface area (Å²) in [6, 6.07) is 3.42. The van der Waals surface area contributed by atoms with E-state index in [1.165, 1.54) is 6.42 Å². The molecule has 2 rings (SSSR count). The molecule has 1 fully saturated rings. The lowest BCUT2D eigenvalue weighted by molar-refractivity contribution is 0.394. The predicted molar refractivity (Wildman–Crippen MR) is 60.4 cm³/mol. The van der Waals surface area contributed by atoms with Crippen molar-refractivity contribution in [2.75, 3.05) is 0 Å². The van der Waals surface area contributed by atoms with Gasteiger partial charge >= 0.3 is 0 Å². The molecule has 1 aromatic heterocycles. The van der Waals surface area contributed by atoms with Crippen molar-refractivity contribution in [2.24, 2.45) is 5.73 Å². The quantitative estimate of drug-likeness (QED) is 0.767. The monoisotopic (exact) mass is 208 g/mol. The molecule has 3 unspecified atom stereocenters. The minimum Gasteiger partial charge on any atom is -0.328 e. The summed E-state index contributed by atoms with van der Waals surface area (Å²) >= 11 is 0. The highest BCUT2D eigenvalue weighted by Crippen LogP contribution is 2.17. The van der Waals surface area contributed by atoms with E-state index in [4.69, 9.17) is 5.73 Å². The van der Waals surface area contributed by atoms with Gasteiger partial charge in [0.05, 0.1) is 6.54 Å². The van der Waals surface area contributed by atoms with Crippen LogP contribution >= 0.6 is 0 Å². The molecule has 84 valence electrons. The van der Waals surface area contributed by atoms with Crippen LogP contribution in [0.25, 0.3) is 0 Å². The number of nitrogens with zero attached hydrogens (tertiary/aromatic N) is 2. The fraction of sp³-hybridized carbons (Fsp3) is 0.727. The van der Waals surface area contributed by atoms with E-state index in [1.807, 2.05) is 23.1 Å². The van der Waals surface area contributed by atoms with Crippen molar-refractivity contribution in [3.63, 3.8) is 0 Å². The molecule has 1 aromatic rings. The van der Waals surface area contributed by atoms with Crippen LogP contribution in [-0.2, 0) is 6.54 Å². The van der Waals surface area contributed by atoms with Crippen LogP contribution in [-0.4, -0.2) is 27.9 Å². The van der Waals surface area contributed by atoms with Crippen molar-refractivity contribution in [2.45, 2.75) is 50.9 Å². The van der Waals surface area contributed by atoms with E-state index in [-0.39, 0.29) is 0 Å². The molecule has 3 atom stereocenters. The van der Waals surface area contributed by atoms with E-state index in [0.29, 0.717) is 18.1 Å². The number of rotatable bonds is 4. The molecule has 1 aliphatic carbocycles. The van der Waals surface area contributed by atoms with Gasteiger partial charge in [-0.3, -0.25) is 4.68 Å². The number of aromatic nitrogens is 2. The molecular weight excluding hydrogens is 188 g/mol. The van der Waals surface area contributed by atoms with Gasteiger partial charge in [-0.15, -0.1) is 0 Å². The lowest BCUT2D eigenvalue weighted by Gasteiger charge is -2.19. The lowest BCUT2D eigenvalue weighted by atomic mass is 10.2. The van der Waals surface area contributed by atoms with E-state index in [9.17, 15) is 0 Å². The first kappa shape index (κ1) is 10.6. The summed E-state index contributed by atoms with van der Waals surface area (Å²) in [7, 11) is 0. The second kappa shape index (κ2) is 4.77. The molecule has 0 amide bonds. The van der Waals surface area contributed by atoms with Crippen molar-refractivity contribution in [1.29, 1.82) is 0 Å². The Kier molecular flexibility index (Phi) is 3.38. The Morgan fingerprint density at radius 2 is 2.47 bits per heavy atom. The minimum absolute atomic E-state index is 0.402. The largest absolute Gasteiger partial charge is 0.328 e. The van der Waals surface area contributed by atoms with Crippen molar-refractivity contribution in [3.8, 4) is 0 Å². The highest BCUT2D eigenvalue weighted by atomic mass is 15.3. The zero-order valence-corrected chi connectivity index (χ0v) is 9.26. The molecule has 4 nitrogen and oxygen atoms in total. The predicted octanol–water partition coefficient (Wildman–Crippen LogP) is 0.741. The fourth-order valence-electron chi connectivity index (χ4n) is 2.31. The topological polar surface area (TPSA) is 55.9 Å². The summed E-state index contributed by atoms with van der Waals surface area (Å²) in [6.07, 6.45) is 7.30. The van der Waals surface area contributed by atoms with Gasteiger partial charge in [0, 0.05) is 30.5 Å². The SMILES string of the molecule is CC(Cn1cccn1)NC1CCC(N)C1. The average molecular weight is 208 g/mol. The molecule has 0 saturated heterocycles. The zero-order valence-electron chi connectivity index (χ0n) is 9.26. The van der Waals surface area contributed by atoms with Gasteiger partial charge in [-0.25, -0.2) is 0 Å². The van der Waals surface area contributed by atoms with Crippen LogP contribution in [0.1, 0.15) is 26.2 Å². The van der Waals surface area contributed by atoms with E-state index in [0.717, 1.165) is 19.4 Å². The third kappa shape index (κ3) is 3.04. The van der Waals surface area contributed by atoms with Crippen molar-refractivity contribution in [1.82, 2.24) is 15.1 Å². The number of nitrogens with one attached hydrogen (secondary N) is 1. The van der Waals surface area contributed by atoms with Gasteiger partial charge in [0.1, 0.15) is 0 Å². The third-order valence-corrected chi connectivity index (χ3v) is 3.01. The summed E-state index contributed by atoms with van der Waals surface area (Å²) in [6.45, 7) is 3.13. The van der Waals surface area contributed by atoms with Gasteiger partial charge in [0.15, 0.2) is 0 Å². The minimum atomic E-state index is 0.402. The molecular formula is C11H20N4. The maximum atomic E-state index is 5.88. The summed E-state index contributed by atoms with van der Waals surface area (Å²) in [5, 5.41) is 7.80. The molecule has 0 aliphatic heterocycles. The van der Waals surface area contributed by atoms with Gasteiger partial charge in [-0.2, -0.15) is 5.10 Å². The summed E-state index contributed by atoms with van der Waals surface area (Å²) in [5.74, 6) is 0. The summed E-state index contributed by atoms with van der Waals surface area (Å²) in [4.78, 5) is 0. The first-order valence-corrected chi connectivity index (χ1v) is 5.73. The van der Waals surface area contributed by atoms with E-state index in [2.05, 4.69) is 17.3 Å². The summed E-state index contributed by atoms with van der Waals surface area (Å²) < 4.78 is 1.96. The smallest absolute Gasteiger partial charge is 0.0560 e. The molecule has 1 aliphatic rings. The molecule has 3 N–H and O–H groups in total. The molecule has 4 heteroatoms. The number of hydrogen-bond donors (Lipinski definition) is 2. The van der Waals surface area contributed by atoms with Gasteiger partial charge < -0.3 is 11.1 Å². The van der Waals surface area contributed by atoms with E-state index >= 15 is 0 Å².